The third-order valence-corrected chi connectivity index (χ3v) is 4.88. The molecule has 0 heterocycles. The minimum Gasteiger partial charge on any atom is -0.0845 e. The highest BCUT2D eigenvalue weighted by Crippen LogP contribution is 2.43. The molecule has 0 amide bonds. The Labute approximate surface area is 114 Å². The van der Waals surface area contributed by atoms with E-state index in [4.69, 9.17) is 0 Å². The maximum absolute atomic E-state index is 2.48. The lowest BCUT2D eigenvalue weighted by Crippen LogP contribution is -2.09. The topological polar surface area (TPSA) is 0 Å². The monoisotopic (exact) mass is 246 g/mol. The zero-order chi connectivity index (χ0) is 12.8. The van der Waals surface area contributed by atoms with Gasteiger partial charge < -0.3 is 0 Å². The molecule has 2 rings (SSSR count). The molecule has 0 aromatic carbocycles. The van der Waals surface area contributed by atoms with Gasteiger partial charge in [0.2, 0.25) is 0 Å². The maximum Gasteiger partial charge on any atom is -0.0174 e. The van der Waals surface area contributed by atoms with E-state index in [9.17, 15) is 0 Å². The van der Waals surface area contributed by atoms with Crippen molar-refractivity contribution in [3.63, 3.8) is 0 Å². The molecule has 0 nitrogen and oxygen atoms in total. The van der Waals surface area contributed by atoms with Crippen molar-refractivity contribution < 1.29 is 0 Å². The van der Waals surface area contributed by atoms with Gasteiger partial charge in [-0.25, -0.2) is 0 Å². The second-order valence-electron chi connectivity index (χ2n) is 6.56. The van der Waals surface area contributed by atoms with Crippen molar-refractivity contribution in [2.75, 3.05) is 0 Å². The van der Waals surface area contributed by atoms with Gasteiger partial charge in [-0.1, -0.05) is 63.3 Å². The lowest BCUT2D eigenvalue weighted by atomic mass is 9.86. The van der Waals surface area contributed by atoms with Crippen LogP contribution in [0.2, 0.25) is 0 Å². The van der Waals surface area contributed by atoms with E-state index in [1.807, 2.05) is 0 Å². The quantitative estimate of drug-likeness (QED) is 0.540. The van der Waals surface area contributed by atoms with Gasteiger partial charge in [0.05, 0.1) is 0 Å². The molecule has 2 aliphatic carbocycles. The maximum atomic E-state index is 2.48. The molecule has 0 spiro atoms. The van der Waals surface area contributed by atoms with Crippen LogP contribution in [-0.4, -0.2) is 0 Å². The summed E-state index contributed by atoms with van der Waals surface area (Å²) in [6.07, 6.45) is 20.0. The first-order valence-corrected chi connectivity index (χ1v) is 8.15. The number of hydrogen-bond donors (Lipinski definition) is 0. The Balaban J connectivity index is 2.08. The number of hydrogen-bond acceptors (Lipinski definition) is 0. The first kappa shape index (κ1) is 13.9. The zero-order valence-corrected chi connectivity index (χ0v) is 12.3. The summed E-state index contributed by atoms with van der Waals surface area (Å²) in [7, 11) is 0. The predicted molar refractivity (Wildman–Crippen MR) is 80.6 cm³/mol. The van der Waals surface area contributed by atoms with E-state index in [0.29, 0.717) is 0 Å². The van der Waals surface area contributed by atoms with Gasteiger partial charge >= 0.3 is 0 Å². The molecular weight excluding hydrogens is 216 g/mol. The number of fused-ring (bicyclic) bond motifs is 1. The van der Waals surface area contributed by atoms with Crippen molar-refractivity contribution in [3.05, 3.63) is 23.8 Å². The van der Waals surface area contributed by atoms with Crippen molar-refractivity contribution in [1.29, 1.82) is 0 Å². The fraction of sp³-hybridized carbons (Fsp3) is 0.778. The largest absolute Gasteiger partial charge is 0.0845 e. The van der Waals surface area contributed by atoms with Crippen LogP contribution >= 0.6 is 0 Å². The second kappa shape index (κ2) is 7.16. The fourth-order valence-electron chi connectivity index (χ4n) is 3.76. The predicted octanol–water partition coefficient (Wildman–Crippen LogP) is 5.90. The molecule has 18 heavy (non-hydrogen) atoms. The lowest BCUT2D eigenvalue weighted by Gasteiger charge is -2.20. The molecule has 0 aromatic rings. The van der Waals surface area contributed by atoms with E-state index in [1.54, 1.807) is 5.57 Å². The van der Waals surface area contributed by atoms with Crippen LogP contribution in [0.25, 0.3) is 0 Å². The van der Waals surface area contributed by atoms with Crippen LogP contribution < -0.4 is 0 Å². The molecule has 1 saturated carbocycles. The summed E-state index contributed by atoms with van der Waals surface area (Å²) in [6, 6.07) is 0. The molecular formula is C18H30. The van der Waals surface area contributed by atoms with Gasteiger partial charge in [-0.2, -0.15) is 0 Å². The zero-order valence-electron chi connectivity index (χ0n) is 12.3. The van der Waals surface area contributed by atoms with Crippen LogP contribution in [0, 0.1) is 17.8 Å². The van der Waals surface area contributed by atoms with Crippen molar-refractivity contribution in [2.45, 2.75) is 71.6 Å². The lowest BCUT2D eigenvalue weighted by molar-refractivity contribution is 0.451. The van der Waals surface area contributed by atoms with E-state index in [0.717, 1.165) is 17.8 Å². The van der Waals surface area contributed by atoms with E-state index < -0.39 is 0 Å². The molecule has 1 fully saturated rings. The molecule has 0 aliphatic heterocycles. The summed E-state index contributed by atoms with van der Waals surface area (Å²) in [5, 5.41) is 0. The fourth-order valence-corrected chi connectivity index (χ4v) is 3.76. The van der Waals surface area contributed by atoms with E-state index >= 15 is 0 Å². The van der Waals surface area contributed by atoms with Crippen molar-refractivity contribution in [1.82, 2.24) is 0 Å². The molecule has 0 radical (unpaired) electrons. The molecule has 0 aromatic heterocycles. The van der Waals surface area contributed by atoms with Crippen molar-refractivity contribution >= 4 is 0 Å². The van der Waals surface area contributed by atoms with E-state index in [2.05, 4.69) is 32.1 Å². The smallest absolute Gasteiger partial charge is 0.0174 e. The third kappa shape index (κ3) is 3.73. The van der Waals surface area contributed by atoms with Gasteiger partial charge in [0.1, 0.15) is 0 Å². The first-order valence-electron chi connectivity index (χ1n) is 8.15. The van der Waals surface area contributed by atoms with Crippen molar-refractivity contribution in [3.8, 4) is 0 Å². The summed E-state index contributed by atoms with van der Waals surface area (Å²) in [6.45, 7) is 4.79. The Hall–Kier alpha value is -0.520. The third-order valence-electron chi connectivity index (χ3n) is 4.88. The Bertz CT molecular complexity index is 295. The van der Waals surface area contributed by atoms with Crippen LogP contribution in [0.5, 0.6) is 0 Å². The molecule has 102 valence electrons. The highest BCUT2D eigenvalue weighted by atomic mass is 14.4. The Morgan fingerprint density at radius 1 is 0.944 bits per heavy atom. The van der Waals surface area contributed by atoms with E-state index in [1.165, 1.54) is 57.8 Å². The van der Waals surface area contributed by atoms with Gasteiger partial charge in [0.25, 0.3) is 0 Å². The van der Waals surface area contributed by atoms with Crippen LogP contribution in [-0.2, 0) is 0 Å². The average Bonchev–Trinajstić information content (AvgIpc) is 2.72. The summed E-state index contributed by atoms with van der Waals surface area (Å²) in [5.74, 6) is 2.59. The van der Waals surface area contributed by atoms with Crippen LogP contribution in [0.15, 0.2) is 23.8 Å². The molecule has 0 heteroatoms. The van der Waals surface area contributed by atoms with Crippen LogP contribution in [0.4, 0.5) is 0 Å². The summed E-state index contributed by atoms with van der Waals surface area (Å²) >= 11 is 0. The van der Waals surface area contributed by atoms with Gasteiger partial charge in [-0.15, -0.1) is 0 Å². The highest BCUT2D eigenvalue weighted by Gasteiger charge is 2.31. The van der Waals surface area contributed by atoms with E-state index in [-0.39, 0.29) is 0 Å². The normalized spacial score (nSPS) is 35.2. The summed E-state index contributed by atoms with van der Waals surface area (Å²) in [5.41, 5.74) is 1.78. The van der Waals surface area contributed by atoms with Gasteiger partial charge in [0, 0.05) is 0 Å². The summed E-state index contributed by atoms with van der Waals surface area (Å²) in [4.78, 5) is 0. The molecule has 2 unspecified atom stereocenters. The molecule has 0 saturated heterocycles. The number of allylic oxidation sites excluding steroid dienone is 4. The SMILES string of the molecule is CC(C)C1CCC2CCCCCCC/C=C/C=C\21. The van der Waals surface area contributed by atoms with Gasteiger partial charge in [-0.05, 0) is 49.9 Å². The van der Waals surface area contributed by atoms with Crippen molar-refractivity contribution in [2.24, 2.45) is 17.8 Å². The Morgan fingerprint density at radius 2 is 1.72 bits per heavy atom. The van der Waals surface area contributed by atoms with Crippen LogP contribution in [0.1, 0.15) is 71.6 Å². The first-order chi connectivity index (χ1) is 8.79. The minimum atomic E-state index is 0.822. The Kier molecular flexibility index (Phi) is 5.53. The Morgan fingerprint density at radius 3 is 2.56 bits per heavy atom. The molecule has 2 aliphatic rings. The standard InChI is InChI=1S/C18H30/c1-15(2)17-14-13-16-11-9-7-5-3-4-6-8-10-12-18(16)17/h8,10,12,15-17H,3-7,9,11,13-14H2,1-2H3/b10-8+,18-12+. The van der Waals surface area contributed by atoms with Crippen LogP contribution in [0.3, 0.4) is 0 Å². The highest BCUT2D eigenvalue weighted by molar-refractivity contribution is 5.22. The van der Waals surface area contributed by atoms with Gasteiger partial charge in [-0.3, -0.25) is 0 Å². The van der Waals surface area contributed by atoms with Gasteiger partial charge in [0.15, 0.2) is 0 Å². The minimum absolute atomic E-state index is 0.822. The molecule has 0 bridgehead atoms. The average molecular weight is 246 g/mol. The number of rotatable bonds is 1. The second-order valence-corrected chi connectivity index (χ2v) is 6.56. The summed E-state index contributed by atoms with van der Waals surface area (Å²) < 4.78 is 0. The molecule has 2 atom stereocenters. The molecule has 0 N–H and O–H groups in total.